The molecule has 3 aromatic carbocycles. The Morgan fingerprint density at radius 3 is 2.18 bits per heavy atom. The van der Waals surface area contributed by atoms with Crippen LogP contribution < -0.4 is 15.6 Å². The number of rotatable bonds is 13. The lowest BCUT2D eigenvalue weighted by Gasteiger charge is -2.27. The van der Waals surface area contributed by atoms with Gasteiger partial charge in [0.15, 0.2) is 11.5 Å². The maximum Gasteiger partial charge on any atom is 0.412 e. The second kappa shape index (κ2) is 16.6. The van der Waals surface area contributed by atoms with E-state index in [1.807, 2.05) is 36.4 Å². The SMILES string of the molecule is CCCCCCN(Cc1c(-c2ccccc2)ccc(O)c1OC(C)=O)C(=O)Cn1c(-c2ccccc2)ncc(NC(=O)OC(C)(C)C)c1=O. The van der Waals surface area contributed by atoms with Crippen LogP contribution in [0.5, 0.6) is 11.5 Å². The number of carbonyl (C=O) groups is 3. The van der Waals surface area contributed by atoms with Gasteiger partial charge in [0.25, 0.3) is 5.56 Å². The highest BCUT2D eigenvalue weighted by atomic mass is 16.6. The fraction of sp³-hybridized carbons (Fsp3) is 0.342. The summed E-state index contributed by atoms with van der Waals surface area (Å²) in [4.78, 5) is 59.1. The van der Waals surface area contributed by atoms with Gasteiger partial charge in [0.1, 0.15) is 23.7 Å². The van der Waals surface area contributed by atoms with Crippen molar-refractivity contribution in [3.05, 3.63) is 94.9 Å². The summed E-state index contributed by atoms with van der Waals surface area (Å²) in [5, 5.41) is 13.3. The molecule has 0 aliphatic rings. The topological polar surface area (TPSA) is 140 Å². The number of benzene rings is 3. The average Bonchev–Trinajstić information content (AvgIpc) is 3.05. The Balaban J connectivity index is 1.79. The van der Waals surface area contributed by atoms with Crippen molar-refractivity contribution >= 4 is 23.7 Å². The van der Waals surface area contributed by atoms with Crippen LogP contribution in [-0.4, -0.2) is 49.7 Å². The first-order chi connectivity index (χ1) is 23.4. The molecule has 0 saturated heterocycles. The molecule has 0 bridgehead atoms. The Morgan fingerprint density at radius 1 is 0.918 bits per heavy atom. The molecule has 2 N–H and O–H groups in total. The van der Waals surface area contributed by atoms with Gasteiger partial charge in [-0.25, -0.2) is 9.78 Å². The highest BCUT2D eigenvalue weighted by Gasteiger charge is 2.25. The first-order valence-electron chi connectivity index (χ1n) is 16.4. The molecule has 4 aromatic rings. The second-order valence-electron chi connectivity index (χ2n) is 12.7. The number of hydrogen-bond acceptors (Lipinski definition) is 8. The van der Waals surface area contributed by atoms with E-state index in [-0.39, 0.29) is 29.6 Å². The highest BCUT2D eigenvalue weighted by molar-refractivity contribution is 5.85. The molecule has 0 spiro atoms. The first-order valence-corrected chi connectivity index (χ1v) is 16.4. The number of ether oxygens (including phenoxy) is 2. The van der Waals surface area contributed by atoms with E-state index in [4.69, 9.17) is 9.47 Å². The molecule has 0 unspecified atom stereocenters. The van der Waals surface area contributed by atoms with Crippen LogP contribution in [0, 0.1) is 0 Å². The Morgan fingerprint density at radius 2 is 1.57 bits per heavy atom. The summed E-state index contributed by atoms with van der Waals surface area (Å²) in [7, 11) is 0. The molecule has 0 aliphatic carbocycles. The number of anilines is 1. The lowest BCUT2D eigenvalue weighted by molar-refractivity contribution is -0.132. The monoisotopic (exact) mass is 668 g/mol. The lowest BCUT2D eigenvalue weighted by Crippen LogP contribution is -2.39. The number of aromatic nitrogens is 2. The van der Waals surface area contributed by atoms with Crippen molar-refractivity contribution < 1.29 is 29.0 Å². The number of phenolic OH excluding ortho intramolecular Hbond substituents is 1. The molecule has 2 amide bonds. The van der Waals surface area contributed by atoms with Crippen LogP contribution in [0.2, 0.25) is 0 Å². The maximum absolute atomic E-state index is 14.4. The van der Waals surface area contributed by atoms with E-state index in [1.54, 1.807) is 56.0 Å². The quantitative estimate of drug-likeness (QED) is 0.0869. The van der Waals surface area contributed by atoms with Crippen molar-refractivity contribution in [2.75, 3.05) is 11.9 Å². The molecule has 4 rings (SSSR count). The minimum atomic E-state index is -0.829. The summed E-state index contributed by atoms with van der Waals surface area (Å²) in [5.41, 5.74) is 0.936. The number of nitrogens with zero attached hydrogens (tertiary/aromatic N) is 3. The lowest BCUT2D eigenvalue weighted by atomic mass is 9.97. The van der Waals surface area contributed by atoms with E-state index < -0.39 is 35.7 Å². The van der Waals surface area contributed by atoms with Crippen molar-refractivity contribution in [3.8, 4) is 34.0 Å². The summed E-state index contributed by atoms with van der Waals surface area (Å²) in [6, 6.07) is 21.5. The molecular weight excluding hydrogens is 624 g/mol. The largest absolute Gasteiger partial charge is 0.504 e. The number of carbonyl (C=O) groups excluding carboxylic acids is 3. The highest BCUT2D eigenvalue weighted by Crippen LogP contribution is 2.39. The minimum absolute atomic E-state index is 0.0229. The smallest absolute Gasteiger partial charge is 0.412 e. The van der Waals surface area contributed by atoms with Gasteiger partial charge in [-0.15, -0.1) is 0 Å². The zero-order chi connectivity index (χ0) is 35.6. The molecular formula is C38H44N4O7. The summed E-state index contributed by atoms with van der Waals surface area (Å²) >= 11 is 0. The van der Waals surface area contributed by atoms with Crippen molar-refractivity contribution in [2.45, 2.75) is 79.0 Å². The summed E-state index contributed by atoms with van der Waals surface area (Å²) < 4.78 is 12.1. The van der Waals surface area contributed by atoms with E-state index in [2.05, 4.69) is 17.2 Å². The van der Waals surface area contributed by atoms with Crippen LogP contribution in [0.25, 0.3) is 22.5 Å². The molecule has 258 valence electrons. The standard InChI is InChI=1S/C38H44N4O7/c1-6-7-8-15-22-41(24-30-29(27-16-11-9-12-17-27)20-21-32(44)34(30)48-26(2)43)33(45)25-42-35(28-18-13-10-14-19-28)39-23-31(36(42)46)40-37(47)49-38(3,4)5/h9-14,16-21,23,44H,6-8,15,22,24-25H2,1-5H3,(H,40,47). The van der Waals surface area contributed by atoms with Crippen LogP contribution in [-0.2, 0) is 27.4 Å². The van der Waals surface area contributed by atoms with E-state index >= 15 is 0 Å². The number of esters is 1. The van der Waals surface area contributed by atoms with Gasteiger partial charge in [-0.2, -0.15) is 0 Å². The predicted octanol–water partition coefficient (Wildman–Crippen LogP) is 7.16. The second-order valence-corrected chi connectivity index (χ2v) is 12.7. The molecule has 1 aromatic heterocycles. The predicted molar refractivity (Wildman–Crippen MR) is 188 cm³/mol. The molecule has 49 heavy (non-hydrogen) atoms. The molecule has 0 fully saturated rings. The third-order valence-electron chi connectivity index (χ3n) is 7.56. The van der Waals surface area contributed by atoms with Crippen LogP contribution in [0.1, 0.15) is 65.9 Å². The molecule has 11 nitrogen and oxygen atoms in total. The van der Waals surface area contributed by atoms with Crippen LogP contribution in [0.4, 0.5) is 10.5 Å². The van der Waals surface area contributed by atoms with E-state index in [0.29, 0.717) is 29.7 Å². The molecule has 0 saturated carbocycles. The van der Waals surface area contributed by atoms with Crippen LogP contribution >= 0.6 is 0 Å². The average molecular weight is 669 g/mol. The van der Waals surface area contributed by atoms with Crippen molar-refractivity contribution in [2.24, 2.45) is 0 Å². The molecule has 1 heterocycles. The summed E-state index contributed by atoms with van der Waals surface area (Å²) in [6.45, 7) is 8.36. The minimum Gasteiger partial charge on any atom is -0.504 e. The summed E-state index contributed by atoms with van der Waals surface area (Å²) in [6.07, 6.45) is 3.94. The van der Waals surface area contributed by atoms with Gasteiger partial charge in [0.05, 0.1) is 12.7 Å². The molecule has 0 aliphatic heterocycles. The fourth-order valence-electron chi connectivity index (χ4n) is 5.32. The third kappa shape index (κ3) is 10.0. The van der Waals surface area contributed by atoms with E-state index in [1.165, 1.54) is 23.8 Å². The van der Waals surface area contributed by atoms with Gasteiger partial charge in [0, 0.05) is 24.6 Å². The third-order valence-corrected chi connectivity index (χ3v) is 7.56. The Bertz CT molecular complexity index is 1820. The molecule has 11 heteroatoms. The van der Waals surface area contributed by atoms with Crippen LogP contribution in [0.15, 0.2) is 83.8 Å². The van der Waals surface area contributed by atoms with Crippen molar-refractivity contribution in [1.82, 2.24) is 14.5 Å². The normalized spacial score (nSPS) is 11.1. The zero-order valence-corrected chi connectivity index (χ0v) is 28.7. The van der Waals surface area contributed by atoms with Gasteiger partial charge in [-0.1, -0.05) is 92.9 Å². The van der Waals surface area contributed by atoms with E-state index in [0.717, 1.165) is 24.8 Å². The fourth-order valence-corrected chi connectivity index (χ4v) is 5.32. The van der Waals surface area contributed by atoms with Gasteiger partial charge in [0.2, 0.25) is 5.91 Å². The zero-order valence-electron chi connectivity index (χ0n) is 28.7. The number of unbranched alkanes of at least 4 members (excludes halogenated alkanes) is 3. The van der Waals surface area contributed by atoms with Gasteiger partial charge >= 0.3 is 12.1 Å². The summed E-state index contributed by atoms with van der Waals surface area (Å²) in [5.74, 6) is -1.07. The Kier molecular flexibility index (Phi) is 12.3. The number of amides is 2. The molecule has 0 radical (unpaired) electrons. The van der Waals surface area contributed by atoms with Crippen molar-refractivity contribution in [1.29, 1.82) is 0 Å². The Labute approximate surface area is 286 Å². The van der Waals surface area contributed by atoms with E-state index in [9.17, 15) is 24.3 Å². The number of hydrogen-bond donors (Lipinski definition) is 2. The van der Waals surface area contributed by atoms with Gasteiger partial charge < -0.3 is 19.5 Å². The number of nitrogens with one attached hydrogen (secondary N) is 1. The molecule has 0 atom stereocenters. The van der Waals surface area contributed by atoms with Gasteiger partial charge in [-0.05, 0) is 44.4 Å². The van der Waals surface area contributed by atoms with Crippen LogP contribution in [0.3, 0.4) is 0 Å². The number of phenols is 1. The number of aromatic hydroxyl groups is 1. The van der Waals surface area contributed by atoms with Gasteiger partial charge in [-0.3, -0.25) is 24.3 Å². The first kappa shape index (κ1) is 36.4. The Hall–Kier alpha value is -5.45. The maximum atomic E-state index is 14.4. The van der Waals surface area contributed by atoms with Crippen molar-refractivity contribution in [3.63, 3.8) is 0 Å².